The number of carbonyl (C=O) groups is 1. The molecule has 0 bridgehead atoms. The van der Waals surface area contributed by atoms with Crippen molar-refractivity contribution >= 4 is 17.2 Å². The highest BCUT2D eigenvalue weighted by Crippen LogP contribution is 2.32. The Morgan fingerprint density at radius 1 is 1.03 bits per heavy atom. The van der Waals surface area contributed by atoms with E-state index in [9.17, 15) is 4.79 Å². The minimum Gasteiger partial charge on any atom is -0.497 e. The van der Waals surface area contributed by atoms with E-state index >= 15 is 0 Å². The Kier molecular flexibility index (Phi) is 7.13. The summed E-state index contributed by atoms with van der Waals surface area (Å²) in [7, 11) is 7.33. The summed E-state index contributed by atoms with van der Waals surface area (Å²) in [5.74, 6) is 1.57. The number of hydrogen-bond donors (Lipinski definition) is 1. The molecule has 0 saturated heterocycles. The van der Waals surface area contributed by atoms with Gasteiger partial charge in [0.1, 0.15) is 11.5 Å². The van der Waals surface area contributed by atoms with Gasteiger partial charge in [-0.3, -0.25) is 4.79 Å². The lowest BCUT2D eigenvalue weighted by atomic mass is 10.1. The summed E-state index contributed by atoms with van der Waals surface area (Å²) in [6.07, 6.45) is 0. The fourth-order valence-electron chi connectivity index (χ4n) is 3.38. The average molecular weight is 425 g/mol. The molecule has 6 heteroatoms. The number of thiophene rings is 1. The van der Waals surface area contributed by atoms with Crippen LogP contribution in [0.4, 0.5) is 0 Å². The van der Waals surface area contributed by atoms with Gasteiger partial charge in [0.05, 0.1) is 25.1 Å². The fraction of sp³-hybridized carbons (Fsp3) is 0.292. The van der Waals surface area contributed by atoms with Gasteiger partial charge in [-0.1, -0.05) is 24.3 Å². The second-order valence-electron chi connectivity index (χ2n) is 7.28. The zero-order chi connectivity index (χ0) is 21.7. The summed E-state index contributed by atoms with van der Waals surface area (Å²) < 4.78 is 10.6. The molecular formula is C24H28N2O3S. The standard InChI is InChI=1S/C24H28N2O3S/c1-16-21(17-9-11-19(28-4)12-10-17)14-23(30-16)24(27)25-15-22(26(2)3)18-7-6-8-20(13-18)29-5/h6-14,22H,15H2,1-5H3,(H,25,27). The number of ether oxygens (including phenoxy) is 2. The van der Waals surface area contributed by atoms with E-state index in [1.807, 2.05) is 69.6 Å². The molecule has 3 aromatic rings. The van der Waals surface area contributed by atoms with Crippen LogP contribution in [0.2, 0.25) is 0 Å². The first-order valence-corrected chi connectivity index (χ1v) is 10.6. The molecule has 1 N–H and O–H groups in total. The molecule has 0 aliphatic heterocycles. The number of benzene rings is 2. The van der Waals surface area contributed by atoms with Crippen LogP contribution in [0.1, 0.15) is 26.2 Å². The second kappa shape index (κ2) is 9.78. The molecular weight excluding hydrogens is 396 g/mol. The van der Waals surface area contributed by atoms with Crippen LogP contribution in [0.3, 0.4) is 0 Å². The Labute approximate surface area is 182 Å². The van der Waals surface area contributed by atoms with E-state index in [0.29, 0.717) is 11.4 Å². The van der Waals surface area contributed by atoms with Crippen molar-refractivity contribution in [2.45, 2.75) is 13.0 Å². The molecule has 0 spiro atoms. The predicted octanol–water partition coefficient (Wildman–Crippen LogP) is 4.77. The van der Waals surface area contributed by atoms with E-state index in [2.05, 4.69) is 16.3 Å². The smallest absolute Gasteiger partial charge is 0.261 e. The molecule has 3 rings (SSSR count). The summed E-state index contributed by atoms with van der Waals surface area (Å²) in [5.41, 5.74) is 3.25. The third-order valence-corrected chi connectivity index (χ3v) is 6.15. The van der Waals surface area contributed by atoms with E-state index in [1.165, 1.54) is 11.3 Å². The van der Waals surface area contributed by atoms with Crippen molar-refractivity contribution < 1.29 is 14.3 Å². The van der Waals surface area contributed by atoms with Crippen molar-refractivity contribution in [2.24, 2.45) is 0 Å². The summed E-state index contributed by atoms with van der Waals surface area (Å²) in [5, 5.41) is 3.10. The molecule has 30 heavy (non-hydrogen) atoms. The quantitative estimate of drug-likeness (QED) is 0.566. The lowest BCUT2D eigenvalue weighted by Gasteiger charge is -2.25. The average Bonchev–Trinajstić information content (AvgIpc) is 3.15. The van der Waals surface area contributed by atoms with Gasteiger partial charge in [0, 0.05) is 11.4 Å². The Hall–Kier alpha value is -2.83. The van der Waals surface area contributed by atoms with Crippen LogP contribution in [-0.4, -0.2) is 45.7 Å². The van der Waals surface area contributed by atoms with Crippen molar-refractivity contribution in [1.82, 2.24) is 10.2 Å². The van der Waals surface area contributed by atoms with Gasteiger partial charge in [-0.15, -0.1) is 11.3 Å². The molecule has 1 aromatic heterocycles. The number of amides is 1. The van der Waals surface area contributed by atoms with Crippen LogP contribution in [-0.2, 0) is 0 Å². The van der Waals surface area contributed by atoms with Gasteiger partial charge in [-0.05, 0) is 68.0 Å². The molecule has 158 valence electrons. The van der Waals surface area contributed by atoms with Gasteiger partial charge < -0.3 is 19.7 Å². The molecule has 5 nitrogen and oxygen atoms in total. The summed E-state index contributed by atoms with van der Waals surface area (Å²) >= 11 is 1.51. The number of hydrogen-bond acceptors (Lipinski definition) is 5. The molecule has 1 unspecified atom stereocenters. The third kappa shape index (κ3) is 5.01. The number of aryl methyl sites for hydroxylation is 1. The SMILES string of the molecule is COc1ccc(-c2cc(C(=O)NCC(c3cccc(OC)c3)N(C)C)sc2C)cc1. The molecule has 0 fully saturated rings. The van der Waals surface area contributed by atoms with Crippen molar-refractivity contribution in [3.8, 4) is 22.6 Å². The highest BCUT2D eigenvalue weighted by atomic mass is 32.1. The number of likely N-dealkylation sites (N-methyl/N-ethyl adjacent to an activating group) is 1. The molecule has 0 saturated carbocycles. The summed E-state index contributed by atoms with van der Waals surface area (Å²) in [4.78, 5) is 16.8. The minimum atomic E-state index is -0.0578. The van der Waals surface area contributed by atoms with Gasteiger partial charge in [-0.2, -0.15) is 0 Å². The normalized spacial score (nSPS) is 11.9. The molecule has 1 heterocycles. The zero-order valence-electron chi connectivity index (χ0n) is 18.1. The first-order valence-electron chi connectivity index (χ1n) is 9.76. The Bertz CT molecular complexity index is 996. The molecule has 2 aromatic carbocycles. The largest absolute Gasteiger partial charge is 0.497 e. The Morgan fingerprint density at radius 3 is 2.37 bits per heavy atom. The number of nitrogens with zero attached hydrogens (tertiary/aromatic N) is 1. The highest BCUT2D eigenvalue weighted by molar-refractivity contribution is 7.14. The van der Waals surface area contributed by atoms with Crippen LogP contribution in [0.15, 0.2) is 54.6 Å². The van der Waals surface area contributed by atoms with E-state index in [-0.39, 0.29) is 11.9 Å². The molecule has 1 amide bonds. The Morgan fingerprint density at radius 2 is 1.73 bits per heavy atom. The van der Waals surface area contributed by atoms with Crippen molar-refractivity contribution in [1.29, 1.82) is 0 Å². The van der Waals surface area contributed by atoms with Gasteiger partial charge in [-0.25, -0.2) is 0 Å². The monoisotopic (exact) mass is 424 g/mol. The fourth-order valence-corrected chi connectivity index (χ4v) is 4.33. The Balaban J connectivity index is 1.73. The molecule has 0 aliphatic carbocycles. The van der Waals surface area contributed by atoms with Gasteiger partial charge >= 0.3 is 0 Å². The van der Waals surface area contributed by atoms with Gasteiger partial charge in [0.15, 0.2) is 0 Å². The van der Waals surface area contributed by atoms with E-state index < -0.39 is 0 Å². The number of rotatable bonds is 8. The first kappa shape index (κ1) is 21.9. The lowest BCUT2D eigenvalue weighted by molar-refractivity contribution is 0.0946. The lowest BCUT2D eigenvalue weighted by Crippen LogP contribution is -2.34. The van der Waals surface area contributed by atoms with Crippen LogP contribution in [0.25, 0.3) is 11.1 Å². The minimum absolute atomic E-state index is 0.0474. The summed E-state index contributed by atoms with van der Waals surface area (Å²) in [6.45, 7) is 2.55. The number of methoxy groups -OCH3 is 2. The van der Waals surface area contributed by atoms with E-state index in [0.717, 1.165) is 33.1 Å². The van der Waals surface area contributed by atoms with Crippen molar-refractivity contribution in [3.05, 3.63) is 69.9 Å². The second-order valence-corrected chi connectivity index (χ2v) is 8.53. The predicted molar refractivity (Wildman–Crippen MR) is 123 cm³/mol. The van der Waals surface area contributed by atoms with Crippen molar-refractivity contribution in [2.75, 3.05) is 34.9 Å². The van der Waals surface area contributed by atoms with Crippen molar-refractivity contribution in [3.63, 3.8) is 0 Å². The van der Waals surface area contributed by atoms with Crippen LogP contribution < -0.4 is 14.8 Å². The van der Waals surface area contributed by atoms with Crippen LogP contribution in [0, 0.1) is 6.92 Å². The van der Waals surface area contributed by atoms with E-state index in [4.69, 9.17) is 9.47 Å². The maximum absolute atomic E-state index is 12.9. The highest BCUT2D eigenvalue weighted by Gasteiger charge is 2.18. The maximum atomic E-state index is 12.9. The van der Waals surface area contributed by atoms with E-state index in [1.54, 1.807) is 14.2 Å². The topological polar surface area (TPSA) is 50.8 Å². The molecule has 1 atom stereocenters. The summed E-state index contributed by atoms with van der Waals surface area (Å²) in [6, 6.07) is 17.9. The first-order chi connectivity index (χ1) is 14.4. The number of carbonyl (C=O) groups excluding carboxylic acids is 1. The molecule has 0 radical (unpaired) electrons. The molecule has 0 aliphatic rings. The number of nitrogens with one attached hydrogen (secondary N) is 1. The van der Waals surface area contributed by atoms with Gasteiger partial charge in [0.2, 0.25) is 0 Å². The van der Waals surface area contributed by atoms with Crippen LogP contribution in [0.5, 0.6) is 11.5 Å². The zero-order valence-corrected chi connectivity index (χ0v) is 18.9. The maximum Gasteiger partial charge on any atom is 0.261 e. The third-order valence-electron chi connectivity index (χ3n) is 5.10. The van der Waals surface area contributed by atoms with Crippen LogP contribution >= 0.6 is 11.3 Å². The van der Waals surface area contributed by atoms with Gasteiger partial charge in [0.25, 0.3) is 5.91 Å².